The minimum Gasteiger partial charge on any atom is -0.464 e. The molecule has 1 heterocycles. The van der Waals surface area contributed by atoms with Crippen molar-refractivity contribution in [3.05, 3.63) is 0 Å². The molecule has 1 aliphatic rings. The maximum Gasteiger partial charge on any atom is 0.389 e. The third-order valence-electron chi connectivity index (χ3n) is 5.40. The van der Waals surface area contributed by atoms with Gasteiger partial charge in [0.05, 0.1) is 26.0 Å². The van der Waals surface area contributed by atoms with Crippen molar-refractivity contribution in [3.63, 3.8) is 0 Å². The van der Waals surface area contributed by atoms with Gasteiger partial charge in [0.1, 0.15) is 18.8 Å². The Morgan fingerprint density at radius 3 is 1.95 bits per heavy atom. The number of hydrogen-bond acceptors (Lipinski definition) is 14. The smallest absolute Gasteiger partial charge is 0.389 e. The number of methoxy groups -OCH3 is 1. The first kappa shape index (κ1) is 36.1. The number of alkyl halides is 3. The van der Waals surface area contributed by atoms with Crippen LogP contribution in [-0.2, 0) is 66.7 Å². The number of esters is 6. The van der Waals surface area contributed by atoms with Gasteiger partial charge in [0.2, 0.25) is 5.91 Å². The molecular formula is C24H32F3NO14. The summed E-state index contributed by atoms with van der Waals surface area (Å²) in [4.78, 5) is 85.2. The monoisotopic (exact) mass is 615 g/mol. The van der Waals surface area contributed by atoms with E-state index in [-0.39, 0.29) is 0 Å². The molecule has 42 heavy (non-hydrogen) atoms. The lowest BCUT2D eigenvalue weighted by Gasteiger charge is -2.48. The highest BCUT2D eigenvalue weighted by atomic mass is 19.4. The van der Waals surface area contributed by atoms with Crippen LogP contribution in [0.2, 0.25) is 0 Å². The van der Waals surface area contributed by atoms with Gasteiger partial charge in [-0.3, -0.25) is 28.8 Å². The standard InChI is InChI=1S/C24H32F3NO14/c1-11(29)37-10-17(39-13(3)31)20(40-14(4)32)21-19(28-18(34)7-8-24(25,26)27)16(38-12(2)30)9-23(42-21,22(35)36-6)41-15(5)33/h16-17,19-21H,7-10H2,1-6H3,(H,28,34)/t16-,17+,19+,20+,21+,23+/m0/s1. The second-order valence-electron chi connectivity index (χ2n) is 9.01. The third kappa shape index (κ3) is 11.5. The summed E-state index contributed by atoms with van der Waals surface area (Å²) < 4.78 is 74.5. The van der Waals surface area contributed by atoms with Crippen molar-refractivity contribution >= 4 is 41.7 Å². The van der Waals surface area contributed by atoms with E-state index in [9.17, 15) is 46.7 Å². The lowest BCUT2D eigenvalue weighted by atomic mass is 9.87. The van der Waals surface area contributed by atoms with Gasteiger partial charge in [0.25, 0.3) is 0 Å². The molecule has 0 spiro atoms. The zero-order chi connectivity index (χ0) is 32.4. The van der Waals surface area contributed by atoms with E-state index in [1.54, 1.807) is 0 Å². The topological polar surface area (TPSA) is 196 Å². The summed E-state index contributed by atoms with van der Waals surface area (Å²) in [6.45, 7) is 3.82. The van der Waals surface area contributed by atoms with E-state index >= 15 is 0 Å². The SMILES string of the molecule is COC(=O)[C@@]1(OC(C)=O)C[C@H](OC(C)=O)[C@@H](NC(=O)CCC(F)(F)F)[C@H]([C@H](OC(C)=O)[C@@H](COC(C)=O)OC(C)=O)O1. The Hall–Kier alpha value is -3.96. The van der Waals surface area contributed by atoms with Gasteiger partial charge in [0, 0.05) is 41.0 Å². The molecule has 0 aliphatic carbocycles. The fourth-order valence-electron chi connectivity index (χ4n) is 4.01. The molecule has 0 unspecified atom stereocenters. The third-order valence-corrected chi connectivity index (χ3v) is 5.40. The number of carbonyl (C=O) groups is 7. The van der Waals surface area contributed by atoms with Gasteiger partial charge >= 0.3 is 47.8 Å². The van der Waals surface area contributed by atoms with Crippen LogP contribution in [-0.4, -0.2) is 97.9 Å². The largest absolute Gasteiger partial charge is 0.464 e. The summed E-state index contributed by atoms with van der Waals surface area (Å²) in [5.41, 5.74) is 0. The Kier molecular flexibility index (Phi) is 13.2. The lowest BCUT2D eigenvalue weighted by molar-refractivity contribution is -0.304. The molecule has 1 N–H and O–H groups in total. The highest BCUT2D eigenvalue weighted by Crippen LogP contribution is 2.37. The molecule has 1 amide bonds. The van der Waals surface area contributed by atoms with Crippen molar-refractivity contribution in [2.75, 3.05) is 13.7 Å². The first-order valence-electron chi connectivity index (χ1n) is 12.3. The van der Waals surface area contributed by atoms with Crippen LogP contribution in [0.15, 0.2) is 0 Å². The van der Waals surface area contributed by atoms with Crippen molar-refractivity contribution < 1.29 is 79.9 Å². The number of carbonyl (C=O) groups excluding carboxylic acids is 7. The molecule has 0 aromatic carbocycles. The summed E-state index contributed by atoms with van der Waals surface area (Å²) >= 11 is 0. The van der Waals surface area contributed by atoms with Crippen molar-refractivity contribution in [2.45, 2.75) is 96.3 Å². The molecule has 1 rings (SSSR count). The number of ether oxygens (including phenoxy) is 7. The van der Waals surface area contributed by atoms with Gasteiger partial charge in [0.15, 0.2) is 12.2 Å². The molecule has 6 atom stereocenters. The average Bonchev–Trinajstić information content (AvgIpc) is 2.83. The second kappa shape index (κ2) is 15.3. The summed E-state index contributed by atoms with van der Waals surface area (Å²) in [6, 6.07) is -1.73. The van der Waals surface area contributed by atoms with E-state index in [1.807, 2.05) is 0 Å². The molecule has 0 bridgehead atoms. The molecular weight excluding hydrogens is 583 g/mol. The van der Waals surface area contributed by atoms with Crippen LogP contribution in [0.5, 0.6) is 0 Å². The van der Waals surface area contributed by atoms with Gasteiger partial charge in [-0.2, -0.15) is 13.2 Å². The first-order valence-corrected chi connectivity index (χ1v) is 12.3. The fraction of sp³-hybridized carbons (Fsp3) is 0.708. The number of rotatable bonds is 12. The maximum absolute atomic E-state index is 12.9. The Morgan fingerprint density at radius 1 is 0.905 bits per heavy atom. The molecule has 0 radical (unpaired) electrons. The maximum atomic E-state index is 12.9. The number of amides is 1. The Balaban J connectivity index is 3.87. The van der Waals surface area contributed by atoms with Crippen LogP contribution in [0.4, 0.5) is 13.2 Å². The summed E-state index contributed by atoms with van der Waals surface area (Å²) in [5.74, 6) is -10.4. The van der Waals surface area contributed by atoms with E-state index in [0.29, 0.717) is 0 Å². The quantitative estimate of drug-likeness (QED) is 0.234. The average molecular weight is 616 g/mol. The molecule has 1 aliphatic heterocycles. The van der Waals surface area contributed by atoms with Crippen LogP contribution in [0.25, 0.3) is 0 Å². The minimum absolute atomic E-state index is 0.793. The van der Waals surface area contributed by atoms with E-state index < -0.39 is 110 Å². The van der Waals surface area contributed by atoms with E-state index in [0.717, 1.165) is 41.7 Å². The number of halogens is 3. The van der Waals surface area contributed by atoms with Crippen molar-refractivity contribution in [2.24, 2.45) is 0 Å². The molecule has 15 nitrogen and oxygen atoms in total. The lowest BCUT2D eigenvalue weighted by Crippen LogP contribution is -2.69. The fourth-order valence-corrected chi connectivity index (χ4v) is 4.01. The van der Waals surface area contributed by atoms with Crippen LogP contribution >= 0.6 is 0 Å². The Labute approximate surface area is 237 Å². The van der Waals surface area contributed by atoms with E-state index in [1.165, 1.54) is 0 Å². The molecule has 0 aromatic rings. The van der Waals surface area contributed by atoms with Gasteiger partial charge < -0.3 is 38.5 Å². The zero-order valence-corrected chi connectivity index (χ0v) is 23.6. The summed E-state index contributed by atoms with van der Waals surface area (Å²) in [6.07, 6.45) is -15.6. The molecule has 238 valence electrons. The molecule has 0 saturated carbocycles. The normalized spacial score (nSPS) is 23.3. The number of nitrogens with one attached hydrogen (secondary N) is 1. The van der Waals surface area contributed by atoms with E-state index in [2.05, 4.69) is 5.32 Å². The summed E-state index contributed by atoms with van der Waals surface area (Å²) in [5, 5.41) is 2.20. The zero-order valence-electron chi connectivity index (χ0n) is 23.6. The molecule has 1 fully saturated rings. The first-order chi connectivity index (χ1) is 19.3. The van der Waals surface area contributed by atoms with Crippen molar-refractivity contribution in [1.82, 2.24) is 5.32 Å². The van der Waals surface area contributed by atoms with Crippen LogP contribution in [0.1, 0.15) is 53.9 Å². The van der Waals surface area contributed by atoms with Crippen LogP contribution < -0.4 is 5.32 Å². The molecule has 1 saturated heterocycles. The molecule has 0 aromatic heterocycles. The Morgan fingerprint density at radius 2 is 1.50 bits per heavy atom. The van der Waals surface area contributed by atoms with Crippen molar-refractivity contribution in [3.8, 4) is 0 Å². The summed E-state index contributed by atoms with van der Waals surface area (Å²) in [7, 11) is 0.879. The highest BCUT2D eigenvalue weighted by Gasteiger charge is 2.60. The highest BCUT2D eigenvalue weighted by molar-refractivity contribution is 5.82. The van der Waals surface area contributed by atoms with Crippen molar-refractivity contribution in [1.29, 1.82) is 0 Å². The van der Waals surface area contributed by atoms with Gasteiger partial charge in [-0.15, -0.1) is 0 Å². The van der Waals surface area contributed by atoms with Crippen LogP contribution in [0.3, 0.4) is 0 Å². The van der Waals surface area contributed by atoms with E-state index in [4.69, 9.17) is 33.2 Å². The van der Waals surface area contributed by atoms with Gasteiger partial charge in [-0.25, -0.2) is 4.79 Å². The van der Waals surface area contributed by atoms with Crippen LogP contribution in [0, 0.1) is 0 Å². The Bertz CT molecular complexity index is 1050. The number of hydrogen-bond donors (Lipinski definition) is 1. The predicted octanol–water partition coefficient (Wildman–Crippen LogP) is 0.393. The molecule has 18 heteroatoms. The predicted molar refractivity (Wildman–Crippen MR) is 127 cm³/mol. The van der Waals surface area contributed by atoms with Gasteiger partial charge in [-0.1, -0.05) is 0 Å². The second-order valence-corrected chi connectivity index (χ2v) is 9.01. The minimum atomic E-state index is -4.73. The van der Waals surface area contributed by atoms with Gasteiger partial charge in [-0.05, 0) is 0 Å².